The number of para-hydroxylation sites is 2. The Morgan fingerprint density at radius 3 is 2.83 bits per heavy atom. The number of hydrogen-bond acceptors (Lipinski definition) is 4. The molecule has 3 N–H and O–H groups in total. The summed E-state index contributed by atoms with van der Waals surface area (Å²) < 4.78 is 0. The molecule has 0 radical (unpaired) electrons. The third-order valence-corrected chi connectivity index (χ3v) is 2.74. The first-order chi connectivity index (χ1) is 8.85. The zero-order valence-corrected chi connectivity index (χ0v) is 9.80. The summed E-state index contributed by atoms with van der Waals surface area (Å²) in [5.41, 5.74) is 8.39. The Bertz CT molecular complexity index is 641. The number of H-pyrrole nitrogens is 1. The summed E-state index contributed by atoms with van der Waals surface area (Å²) in [5, 5.41) is 0. The molecule has 0 saturated carbocycles. The van der Waals surface area contributed by atoms with Crippen molar-refractivity contribution in [2.24, 2.45) is 5.73 Å². The summed E-state index contributed by atoms with van der Waals surface area (Å²) in [6.07, 6.45) is 2.32. The van der Waals surface area contributed by atoms with Crippen LogP contribution in [0.3, 0.4) is 0 Å². The second kappa shape index (κ2) is 4.54. The van der Waals surface area contributed by atoms with E-state index in [2.05, 4.69) is 19.9 Å². The molecule has 90 valence electrons. The van der Waals surface area contributed by atoms with E-state index in [-0.39, 0.29) is 0 Å². The van der Waals surface area contributed by atoms with E-state index >= 15 is 0 Å². The predicted molar refractivity (Wildman–Crippen MR) is 68.8 cm³/mol. The van der Waals surface area contributed by atoms with Crippen molar-refractivity contribution in [1.82, 2.24) is 19.9 Å². The van der Waals surface area contributed by atoms with Gasteiger partial charge in [0.15, 0.2) is 0 Å². The van der Waals surface area contributed by atoms with E-state index < -0.39 is 0 Å². The summed E-state index contributed by atoms with van der Waals surface area (Å²) in [4.78, 5) is 16.3. The van der Waals surface area contributed by atoms with Crippen molar-refractivity contribution < 1.29 is 0 Å². The number of aromatic nitrogens is 4. The lowest BCUT2D eigenvalue weighted by molar-refractivity contribution is 0.867. The molecule has 18 heavy (non-hydrogen) atoms. The van der Waals surface area contributed by atoms with Crippen LogP contribution in [0, 0.1) is 0 Å². The van der Waals surface area contributed by atoms with Gasteiger partial charge in [-0.05, 0) is 18.2 Å². The standard InChI is InChI=1S/C13H13N5/c14-8-9-5-6-15-12(16-9)7-13-17-10-3-1-2-4-11(10)18-13/h1-6H,7-8,14H2,(H,17,18). The van der Waals surface area contributed by atoms with Crippen molar-refractivity contribution in [2.45, 2.75) is 13.0 Å². The SMILES string of the molecule is NCc1ccnc(Cc2nc3ccccc3[nH]2)n1. The molecule has 0 amide bonds. The fraction of sp³-hybridized carbons (Fsp3) is 0.154. The van der Waals surface area contributed by atoms with E-state index in [1.807, 2.05) is 30.3 Å². The van der Waals surface area contributed by atoms with Crippen LogP contribution in [0.4, 0.5) is 0 Å². The molecule has 5 heteroatoms. The maximum absolute atomic E-state index is 5.56. The van der Waals surface area contributed by atoms with Gasteiger partial charge in [-0.2, -0.15) is 0 Å². The van der Waals surface area contributed by atoms with Crippen LogP contribution >= 0.6 is 0 Å². The number of nitrogens with two attached hydrogens (primary N) is 1. The predicted octanol–water partition coefficient (Wildman–Crippen LogP) is 1.40. The highest BCUT2D eigenvalue weighted by molar-refractivity contribution is 5.74. The smallest absolute Gasteiger partial charge is 0.136 e. The van der Waals surface area contributed by atoms with Gasteiger partial charge in [-0.3, -0.25) is 0 Å². The normalized spacial score (nSPS) is 10.9. The molecule has 0 bridgehead atoms. The van der Waals surface area contributed by atoms with Crippen LogP contribution in [0.5, 0.6) is 0 Å². The molecule has 0 spiro atoms. The molecule has 0 aliphatic heterocycles. The lowest BCUT2D eigenvalue weighted by atomic mass is 10.3. The number of benzene rings is 1. The van der Waals surface area contributed by atoms with Gasteiger partial charge in [-0.1, -0.05) is 12.1 Å². The average molecular weight is 239 g/mol. The van der Waals surface area contributed by atoms with Gasteiger partial charge in [-0.25, -0.2) is 15.0 Å². The molecule has 3 aromatic rings. The van der Waals surface area contributed by atoms with Gasteiger partial charge >= 0.3 is 0 Å². The fourth-order valence-corrected chi connectivity index (χ4v) is 1.88. The van der Waals surface area contributed by atoms with Crippen LogP contribution in [0.25, 0.3) is 11.0 Å². The average Bonchev–Trinajstić information content (AvgIpc) is 2.81. The maximum Gasteiger partial charge on any atom is 0.136 e. The van der Waals surface area contributed by atoms with Crippen LogP contribution in [0.15, 0.2) is 36.5 Å². The molecule has 3 rings (SSSR count). The zero-order valence-electron chi connectivity index (χ0n) is 9.80. The quantitative estimate of drug-likeness (QED) is 0.724. The second-order valence-corrected chi connectivity index (χ2v) is 4.05. The third kappa shape index (κ3) is 2.08. The minimum Gasteiger partial charge on any atom is -0.342 e. The van der Waals surface area contributed by atoms with Crippen LogP contribution in [0.2, 0.25) is 0 Å². The zero-order chi connectivity index (χ0) is 12.4. The van der Waals surface area contributed by atoms with E-state index in [0.717, 1.165) is 28.4 Å². The summed E-state index contributed by atoms with van der Waals surface area (Å²) >= 11 is 0. The molecule has 0 saturated heterocycles. The van der Waals surface area contributed by atoms with E-state index in [0.29, 0.717) is 13.0 Å². The second-order valence-electron chi connectivity index (χ2n) is 4.05. The lowest BCUT2D eigenvalue weighted by Gasteiger charge is -1.99. The van der Waals surface area contributed by atoms with Crippen LogP contribution < -0.4 is 5.73 Å². The summed E-state index contributed by atoms with van der Waals surface area (Å²) in [6, 6.07) is 9.76. The van der Waals surface area contributed by atoms with Crippen molar-refractivity contribution in [3.63, 3.8) is 0 Å². The van der Waals surface area contributed by atoms with Crippen molar-refractivity contribution >= 4 is 11.0 Å². The first-order valence-electron chi connectivity index (χ1n) is 5.79. The van der Waals surface area contributed by atoms with Gasteiger partial charge in [0, 0.05) is 12.7 Å². The molecular formula is C13H13N5. The summed E-state index contributed by atoms with van der Waals surface area (Å²) in [6.45, 7) is 0.426. The first-order valence-corrected chi connectivity index (χ1v) is 5.79. The highest BCUT2D eigenvalue weighted by atomic mass is 14.9. The summed E-state index contributed by atoms with van der Waals surface area (Å²) in [7, 11) is 0. The van der Waals surface area contributed by atoms with E-state index in [9.17, 15) is 0 Å². The highest BCUT2D eigenvalue weighted by Gasteiger charge is 2.05. The minimum atomic E-state index is 0.426. The Labute approximate surface area is 104 Å². The first kappa shape index (κ1) is 10.9. The van der Waals surface area contributed by atoms with Gasteiger partial charge in [-0.15, -0.1) is 0 Å². The number of rotatable bonds is 3. The van der Waals surface area contributed by atoms with Crippen molar-refractivity contribution in [3.8, 4) is 0 Å². The molecular weight excluding hydrogens is 226 g/mol. The Morgan fingerprint density at radius 1 is 1.11 bits per heavy atom. The Balaban J connectivity index is 1.91. The van der Waals surface area contributed by atoms with Gasteiger partial charge in [0.25, 0.3) is 0 Å². The molecule has 5 nitrogen and oxygen atoms in total. The molecule has 0 unspecified atom stereocenters. The number of imidazole rings is 1. The van der Waals surface area contributed by atoms with Crippen molar-refractivity contribution in [2.75, 3.05) is 0 Å². The van der Waals surface area contributed by atoms with Gasteiger partial charge in [0.1, 0.15) is 11.6 Å². The topological polar surface area (TPSA) is 80.5 Å². The molecule has 0 fully saturated rings. The molecule has 2 aromatic heterocycles. The highest BCUT2D eigenvalue weighted by Crippen LogP contribution is 2.12. The van der Waals surface area contributed by atoms with E-state index in [1.165, 1.54) is 0 Å². The Kier molecular flexibility index (Phi) is 2.74. The monoisotopic (exact) mass is 239 g/mol. The number of aromatic amines is 1. The van der Waals surface area contributed by atoms with Gasteiger partial charge in [0.05, 0.1) is 23.1 Å². The number of fused-ring (bicyclic) bond motifs is 1. The number of hydrogen-bond donors (Lipinski definition) is 2. The molecule has 2 heterocycles. The number of nitrogens with zero attached hydrogens (tertiary/aromatic N) is 3. The molecule has 0 atom stereocenters. The lowest BCUT2D eigenvalue weighted by Crippen LogP contribution is -2.04. The minimum absolute atomic E-state index is 0.426. The van der Waals surface area contributed by atoms with E-state index in [4.69, 9.17) is 5.73 Å². The van der Waals surface area contributed by atoms with Crippen LogP contribution in [-0.2, 0) is 13.0 Å². The van der Waals surface area contributed by atoms with Crippen molar-refractivity contribution in [1.29, 1.82) is 0 Å². The largest absolute Gasteiger partial charge is 0.342 e. The third-order valence-electron chi connectivity index (χ3n) is 2.74. The van der Waals surface area contributed by atoms with Crippen molar-refractivity contribution in [3.05, 3.63) is 53.9 Å². The van der Waals surface area contributed by atoms with E-state index in [1.54, 1.807) is 6.20 Å². The Morgan fingerprint density at radius 2 is 2.00 bits per heavy atom. The Hall–Kier alpha value is -2.27. The van der Waals surface area contributed by atoms with Crippen LogP contribution in [0.1, 0.15) is 17.3 Å². The van der Waals surface area contributed by atoms with Crippen LogP contribution in [-0.4, -0.2) is 19.9 Å². The van der Waals surface area contributed by atoms with Gasteiger partial charge in [0.2, 0.25) is 0 Å². The maximum atomic E-state index is 5.56. The summed E-state index contributed by atoms with van der Waals surface area (Å²) in [5.74, 6) is 1.60. The fourth-order valence-electron chi connectivity index (χ4n) is 1.88. The van der Waals surface area contributed by atoms with Gasteiger partial charge < -0.3 is 10.7 Å². The molecule has 0 aliphatic carbocycles. The molecule has 0 aliphatic rings. The number of nitrogens with one attached hydrogen (secondary N) is 1. The molecule has 1 aromatic carbocycles.